The second-order valence-corrected chi connectivity index (χ2v) is 7.76. The van der Waals surface area contributed by atoms with Crippen molar-refractivity contribution in [2.75, 3.05) is 23.4 Å². The number of aromatic nitrogens is 3. The highest BCUT2D eigenvalue weighted by Gasteiger charge is 2.19. The first-order valence-corrected chi connectivity index (χ1v) is 10.3. The molecule has 5 N–H and O–H groups in total. The van der Waals surface area contributed by atoms with Gasteiger partial charge in [0.05, 0.1) is 0 Å². The van der Waals surface area contributed by atoms with Gasteiger partial charge < -0.3 is 20.9 Å². The number of nitrogens with zero attached hydrogens (tertiary/aromatic N) is 3. The molecule has 4 rings (SSSR count). The van der Waals surface area contributed by atoms with Crippen LogP contribution in [0, 0.1) is 6.92 Å². The molecular weight excluding hydrogens is 430 g/mol. The third-order valence-electron chi connectivity index (χ3n) is 4.38. The van der Waals surface area contributed by atoms with Crippen LogP contribution in [0.4, 0.5) is 21.4 Å². The Labute approximate surface area is 186 Å². The van der Waals surface area contributed by atoms with Gasteiger partial charge in [0.25, 0.3) is 11.8 Å². The Kier molecular flexibility index (Phi) is 5.81. The van der Waals surface area contributed by atoms with Gasteiger partial charge in [0.15, 0.2) is 5.13 Å². The minimum atomic E-state index is -0.416. The van der Waals surface area contributed by atoms with Crippen LogP contribution in [-0.2, 0) is 0 Å². The number of urea groups is 1. The average molecular weight is 449 g/mol. The summed E-state index contributed by atoms with van der Waals surface area (Å²) in [7, 11) is 1.49. The van der Waals surface area contributed by atoms with Gasteiger partial charge in [-0.2, -0.15) is 4.98 Å². The third-order valence-corrected chi connectivity index (χ3v) is 5.35. The molecule has 0 aliphatic carbocycles. The van der Waals surface area contributed by atoms with E-state index in [2.05, 4.69) is 31.1 Å². The fraction of sp³-hybridized carbons (Fsp3) is 0.0952. The lowest BCUT2D eigenvalue weighted by molar-refractivity contribution is 0.102. The zero-order valence-electron chi connectivity index (χ0n) is 17.2. The van der Waals surface area contributed by atoms with E-state index in [1.807, 2.05) is 25.1 Å². The Balaban J connectivity index is 1.54. The van der Waals surface area contributed by atoms with E-state index >= 15 is 0 Å². The van der Waals surface area contributed by atoms with Crippen LogP contribution in [0.15, 0.2) is 53.1 Å². The maximum Gasteiger partial charge on any atom is 0.320 e. The van der Waals surface area contributed by atoms with Crippen molar-refractivity contribution in [1.82, 2.24) is 20.4 Å². The number of hydrogen-bond donors (Lipinski definition) is 4. The molecule has 162 valence electrons. The van der Waals surface area contributed by atoms with Gasteiger partial charge in [-0.3, -0.25) is 10.1 Å². The molecule has 4 aromatic rings. The first kappa shape index (κ1) is 21.0. The average Bonchev–Trinajstić information content (AvgIpc) is 3.40. The number of nitrogens with one attached hydrogen (secondary N) is 3. The van der Waals surface area contributed by atoms with Crippen LogP contribution in [0.1, 0.15) is 15.9 Å². The van der Waals surface area contributed by atoms with Gasteiger partial charge in [-0.15, -0.1) is 0 Å². The van der Waals surface area contributed by atoms with Crippen LogP contribution in [0.5, 0.6) is 0 Å². The molecule has 3 amide bonds. The van der Waals surface area contributed by atoms with Crippen LogP contribution in [0.25, 0.3) is 22.2 Å². The molecule has 2 aromatic heterocycles. The topological polar surface area (TPSA) is 148 Å². The third kappa shape index (κ3) is 4.57. The van der Waals surface area contributed by atoms with Gasteiger partial charge >= 0.3 is 6.03 Å². The predicted octanol–water partition coefficient (Wildman–Crippen LogP) is 3.75. The minimum absolute atomic E-state index is 0.163. The number of aryl methyl sites for hydroxylation is 1. The first-order valence-electron chi connectivity index (χ1n) is 9.50. The van der Waals surface area contributed by atoms with Crippen LogP contribution in [0.2, 0.25) is 0 Å². The summed E-state index contributed by atoms with van der Waals surface area (Å²) in [6.45, 7) is 1.93. The number of rotatable bonds is 5. The molecule has 0 fully saturated rings. The molecule has 32 heavy (non-hydrogen) atoms. The zero-order chi connectivity index (χ0) is 22.7. The Morgan fingerprint density at radius 3 is 2.66 bits per heavy atom. The summed E-state index contributed by atoms with van der Waals surface area (Å²) in [5.74, 6) is 0.443. The maximum atomic E-state index is 12.5. The van der Waals surface area contributed by atoms with E-state index in [1.165, 1.54) is 7.05 Å². The smallest absolute Gasteiger partial charge is 0.320 e. The molecule has 0 bridgehead atoms. The first-order chi connectivity index (χ1) is 15.4. The van der Waals surface area contributed by atoms with Crippen molar-refractivity contribution in [3.8, 4) is 22.2 Å². The Morgan fingerprint density at radius 1 is 1.06 bits per heavy atom. The van der Waals surface area contributed by atoms with Gasteiger partial charge in [-0.1, -0.05) is 46.3 Å². The highest BCUT2D eigenvalue weighted by atomic mass is 32.1. The Morgan fingerprint density at radius 2 is 1.88 bits per heavy atom. The fourth-order valence-corrected chi connectivity index (χ4v) is 3.66. The van der Waals surface area contributed by atoms with Gasteiger partial charge in [-0.25, -0.2) is 9.78 Å². The number of carbonyl (C=O) groups excluding carboxylic acids is 2. The maximum absolute atomic E-state index is 12.5. The number of nitrogens with two attached hydrogens (primary N) is 1. The van der Waals surface area contributed by atoms with Crippen molar-refractivity contribution in [3.63, 3.8) is 0 Å². The van der Waals surface area contributed by atoms with E-state index in [1.54, 1.807) is 30.3 Å². The van der Waals surface area contributed by atoms with E-state index in [-0.39, 0.29) is 17.6 Å². The summed E-state index contributed by atoms with van der Waals surface area (Å²) in [6, 6.07) is 14.0. The number of carbonyl (C=O) groups is 2. The molecule has 0 atom stereocenters. The largest absolute Gasteiger partial charge is 0.382 e. The molecule has 0 saturated carbocycles. The molecule has 2 aromatic carbocycles. The molecule has 0 saturated heterocycles. The van der Waals surface area contributed by atoms with Crippen LogP contribution in [0.3, 0.4) is 0 Å². The molecule has 0 unspecified atom stereocenters. The molecule has 10 nitrogen and oxygen atoms in total. The van der Waals surface area contributed by atoms with Gasteiger partial charge in [-0.05, 0) is 31.2 Å². The van der Waals surface area contributed by atoms with Crippen LogP contribution in [-0.4, -0.2) is 34.1 Å². The monoisotopic (exact) mass is 449 g/mol. The lowest BCUT2D eigenvalue weighted by Gasteiger charge is -2.06. The summed E-state index contributed by atoms with van der Waals surface area (Å²) < 4.78 is 5.35. The van der Waals surface area contributed by atoms with E-state index in [0.717, 1.165) is 16.9 Å². The summed E-state index contributed by atoms with van der Waals surface area (Å²) in [5.41, 5.74) is 8.75. The molecule has 0 aliphatic rings. The molecular formula is C21H19N7O3S. The number of nitrogen functional groups attached to an aromatic ring is 1. The second-order valence-electron chi connectivity index (χ2n) is 6.77. The lowest BCUT2D eigenvalue weighted by Crippen LogP contribution is -2.24. The Hall–Kier alpha value is -4.25. The van der Waals surface area contributed by atoms with Crippen LogP contribution >= 0.6 is 11.3 Å². The number of thiazole rings is 1. The molecule has 0 radical (unpaired) electrons. The molecule has 2 heterocycles. The fourth-order valence-electron chi connectivity index (χ4n) is 2.86. The minimum Gasteiger partial charge on any atom is -0.382 e. The summed E-state index contributed by atoms with van der Waals surface area (Å²) in [6.07, 6.45) is 0. The highest BCUT2D eigenvalue weighted by Crippen LogP contribution is 2.35. The quantitative estimate of drug-likeness (QED) is 0.362. The van der Waals surface area contributed by atoms with Crippen molar-refractivity contribution in [3.05, 3.63) is 59.7 Å². The highest BCUT2D eigenvalue weighted by molar-refractivity contribution is 7.19. The van der Waals surface area contributed by atoms with Crippen molar-refractivity contribution in [2.24, 2.45) is 0 Å². The number of anilines is 3. The van der Waals surface area contributed by atoms with Crippen molar-refractivity contribution >= 4 is 39.9 Å². The second kappa shape index (κ2) is 8.86. The van der Waals surface area contributed by atoms with E-state index < -0.39 is 6.03 Å². The predicted molar refractivity (Wildman–Crippen MR) is 122 cm³/mol. The zero-order valence-corrected chi connectivity index (χ0v) is 18.0. The normalized spacial score (nSPS) is 10.6. The Bertz CT molecular complexity index is 1300. The molecule has 0 aliphatic heterocycles. The number of benzene rings is 2. The molecule has 11 heteroatoms. The summed E-state index contributed by atoms with van der Waals surface area (Å²) in [4.78, 5) is 32.9. The SMILES string of the molecule is CNC(=O)Nc1nc(N)c(-c2nc(-c3cccc(NC(=O)c4cccc(C)c4)c3)no2)s1. The lowest BCUT2D eigenvalue weighted by atomic mass is 10.1. The van der Waals surface area contributed by atoms with Gasteiger partial charge in [0.1, 0.15) is 10.7 Å². The van der Waals surface area contributed by atoms with Crippen molar-refractivity contribution < 1.29 is 14.1 Å². The van der Waals surface area contributed by atoms with Gasteiger partial charge in [0, 0.05) is 23.9 Å². The van der Waals surface area contributed by atoms with Gasteiger partial charge in [0.2, 0.25) is 5.82 Å². The van der Waals surface area contributed by atoms with E-state index in [0.29, 0.717) is 32.6 Å². The number of amides is 3. The summed E-state index contributed by atoms with van der Waals surface area (Å²) in [5, 5.41) is 12.2. The number of hydrogen-bond acceptors (Lipinski definition) is 8. The van der Waals surface area contributed by atoms with E-state index in [9.17, 15) is 9.59 Å². The van der Waals surface area contributed by atoms with Crippen molar-refractivity contribution in [1.29, 1.82) is 0 Å². The van der Waals surface area contributed by atoms with Crippen LogP contribution < -0.4 is 21.7 Å². The molecule has 0 spiro atoms. The van der Waals surface area contributed by atoms with E-state index in [4.69, 9.17) is 10.3 Å². The summed E-state index contributed by atoms with van der Waals surface area (Å²) >= 11 is 1.11. The van der Waals surface area contributed by atoms with Crippen molar-refractivity contribution in [2.45, 2.75) is 6.92 Å². The standard InChI is InChI=1S/C21H19N7O3S/c1-11-5-3-7-13(9-11)18(29)24-14-8-4-6-12(10-14)17-26-19(31-28-17)15-16(22)25-21(32-15)27-20(30)23-2/h3-10H,22H2,1-2H3,(H,24,29)(H2,23,25,27,30).